The fraction of sp³-hybridized carbons (Fsp3) is 0.500. The molecule has 22 heavy (non-hydrogen) atoms. The molecular formula is C16H24N4O2. The van der Waals surface area contributed by atoms with E-state index in [1.807, 2.05) is 28.9 Å². The van der Waals surface area contributed by atoms with Crippen molar-refractivity contribution in [3.63, 3.8) is 0 Å². The van der Waals surface area contributed by atoms with Gasteiger partial charge in [0.2, 0.25) is 0 Å². The van der Waals surface area contributed by atoms with Crippen molar-refractivity contribution in [1.82, 2.24) is 15.0 Å². The first kappa shape index (κ1) is 16.3. The summed E-state index contributed by atoms with van der Waals surface area (Å²) in [5.74, 6) is 1.67. The van der Waals surface area contributed by atoms with Gasteiger partial charge in [-0.1, -0.05) is 18.6 Å². The highest BCUT2D eigenvalue weighted by molar-refractivity contribution is 5.31. The Hall–Kier alpha value is -2.08. The molecule has 0 saturated carbocycles. The molecule has 0 atom stereocenters. The fourth-order valence-electron chi connectivity index (χ4n) is 2.29. The molecule has 120 valence electrons. The van der Waals surface area contributed by atoms with Crippen molar-refractivity contribution in [2.45, 2.75) is 39.3 Å². The Balaban J connectivity index is 1.82. The first-order valence-electron chi connectivity index (χ1n) is 7.66. The smallest absolute Gasteiger partial charge is 0.119 e. The molecule has 0 aliphatic heterocycles. The number of nitrogens with two attached hydrogens (primary N) is 1. The van der Waals surface area contributed by atoms with Crippen LogP contribution >= 0.6 is 0 Å². The van der Waals surface area contributed by atoms with Crippen LogP contribution in [0.2, 0.25) is 0 Å². The Morgan fingerprint density at radius 2 is 1.91 bits per heavy atom. The van der Waals surface area contributed by atoms with Crippen molar-refractivity contribution in [3.05, 3.63) is 35.7 Å². The van der Waals surface area contributed by atoms with Crippen LogP contribution in [-0.2, 0) is 19.5 Å². The SMILES string of the molecule is CCCc1c(CN)nnn1CCCOc1ccc(OC)cc1. The molecule has 0 fully saturated rings. The predicted molar refractivity (Wildman–Crippen MR) is 85.0 cm³/mol. The molecule has 1 heterocycles. The summed E-state index contributed by atoms with van der Waals surface area (Å²) in [7, 11) is 1.65. The second kappa shape index (κ2) is 8.38. The molecule has 6 nitrogen and oxygen atoms in total. The van der Waals surface area contributed by atoms with Gasteiger partial charge in [-0.15, -0.1) is 5.10 Å². The molecule has 2 rings (SSSR count). The summed E-state index contributed by atoms with van der Waals surface area (Å²) < 4.78 is 12.8. The van der Waals surface area contributed by atoms with Crippen LogP contribution in [0.1, 0.15) is 31.2 Å². The van der Waals surface area contributed by atoms with Gasteiger partial charge in [-0.3, -0.25) is 0 Å². The summed E-state index contributed by atoms with van der Waals surface area (Å²) in [6, 6.07) is 7.59. The van der Waals surface area contributed by atoms with Crippen LogP contribution in [0.25, 0.3) is 0 Å². The van der Waals surface area contributed by atoms with Gasteiger partial charge < -0.3 is 15.2 Å². The van der Waals surface area contributed by atoms with Gasteiger partial charge >= 0.3 is 0 Å². The number of aryl methyl sites for hydroxylation is 1. The molecule has 0 amide bonds. The average molecular weight is 304 g/mol. The molecule has 0 bridgehead atoms. The minimum absolute atomic E-state index is 0.442. The second-order valence-corrected chi connectivity index (χ2v) is 5.04. The zero-order valence-electron chi connectivity index (χ0n) is 13.3. The Labute approximate surface area is 131 Å². The molecule has 0 aliphatic carbocycles. The Morgan fingerprint density at radius 1 is 1.18 bits per heavy atom. The maximum Gasteiger partial charge on any atom is 0.119 e. The molecule has 0 radical (unpaired) electrons. The number of methoxy groups -OCH3 is 1. The second-order valence-electron chi connectivity index (χ2n) is 5.04. The third kappa shape index (κ3) is 4.21. The summed E-state index contributed by atoms with van der Waals surface area (Å²) in [5.41, 5.74) is 7.75. The normalized spacial score (nSPS) is 10.7. The minimum atomic E-state index is 0.442. The van der Waals surface area contributed by atoms with Crippen LogP contribution in [0.4, 0.5) is 0 Å². The van der Waals surface area contributed by atoms with Crippen molar-refractivity contribution >= 4 is 0 Å². The largest absolute Gasteiger partial charge is 0.497 e. The predicted octanol–water partition coefficient (Wildman–Crippen LogP) is 2.17. The van der Waals surface area contributed by atoms with Crippen LogP contribution in [0.5, 0.6) is 11.5 Å². The third-order valence-electron chi connectivity index (χ3n) is 3.44. The van der Waals surface area contributed by atoms with Gasteiger partial charge in [0.1, 0.15) is 11.5 Å². The number of hydrogen-bond acceptors (Lipinski definition) is 5. The lowest BCUT2D eigenvalue weighted by Crippen LogP contribution is -2.10. The molecular weight excluding hydrogens is 280 g/mol. The van der Waals surface area contributed by atoms with Gasteiger partial charge in [0.25, 0.3) is 0 Å². The van der Waals surface area contributed by atoms with E-state index in [0.717, 1.165) is 48.7 Å². The highest BCUT2D eigenvalue weighted by Crippen LogP contribution is 2.17. The average Bonchev–Trinajstić information content (AvgIpc) is 2.94. The summed E-state index contributed by atoms with van der Waals surface area (Å²) in [5, 5.41) is 8.33. The van der Waals surface area contributed by atoms with Gasteiger partial charge in [0, 0.05) is 19.5 Å². The maximum atomic E-state index is 5.72. The van der Waals surface area contributed by atoms with E-state index < -0.39 is 0 Å². The zero-order chi connectivity index (χ0) is 15.8. The summed E-state index contributed by atoms with van der Waals surface area (Å²) in [6.45, 7) is 4.01. The van der Waals surface area contributed by atoms with E-state index in [4.69, 9.17) is 15.2 Å². The van der Waals surface area contributed by atoms with Gasteiger partial charge in [-0.2, -0.15) is 0 Å². The Bertz CT molecular complexity index is 566. The standard InChI is InChI=1S/C16H24N4O2/c1-3-5-16-15(12-17)18-19-20(16)10-4-11-22-14-8-6-13(21-2)7-9-14/h6-9H,3-5,10-12,17H2,1-2H3. The van der Waals surface area contributed by atoms with E-state index in [0.29, 0.717) is 13.2 Å². The van der Waals surface area contributed by atoms with Crippen molar-refractivity contribution < 1.29 is 9.47 Å². The summed E-state index contributed by atoms with van der Waals surface area (Å²) in [4.78, 5) is 0. The number of ether oxygens (including phenoxy) is 2. The lowest BCUT2D eigenvalue weighted by molar-refractivity contribution is 0.296. The monoisotopic (exact) mass is 304 g/mol. The van der Waals surface area contributed by atoms with E-state index in [9.17, 15) is 0 Å². The fourth-order valence-corrected chi connectivity index (χ4v) is 2.29. The van der Waals surface area contributed by atoms with Gasteiger partial charge in [0.15, 0.2) is 0 Å². The summed E-state index contributed by atoms with van der Waals surface area (Å²) in [6.07, 6.45) is 2.89. The number of hydrogen-bond donors (Lipinski definition) is 1. The van der Waals surface area contributed by atoms with Crippen molar-refractivity contribution in [1.29, 1.82) is 0 Å². The van der Waals surface area contributed by atoms with Crippen LogP contribution < -0.4 is 15.2 Å². The lowest BCUT2D eigenvalue weighted by Gasteiger charge is -2.09. The number of aromatic nitrogens is 3. The molecule has 0 saturated heterocycles. The first-order valence-corrected chi connectivity index (χ1v) is 7.66. The Kier molecular flexibility index (Phi) is 6.21. The zero-order valence-corrected chi connectivity index (χ0v) is 13.3. The van der Waals surface area contributed by atoms with Crippen LogP contribution in [0, 0.1) is 0 Å². The molecule has 0 unspecified atom stereocenters. The lowest BCUT2D eigenvalue weighted by atomic mass is 10.2. The Morgan fingerprint density at radius 3 is 2.55 bits per heavy atom. The number of rotatable bonds is 9. The molecule has 1 aromatic carbocycles. The maximum absolute atomic E-state index is 5.72. The molecule has 1 aromatic heterocycles. The minimum Gasteiger partial charge on any atom is -0.497 e. The number of benzene rings is 1. The van der Waals surface area contributed by atoms with Crippen molar-refractivity contribution in [2.75, 3.05) is 13.7 Å². The van der Waals surface area contributed by atoms with Crippen molar-refractivity contribution in [2.24, 2.45) is 5.73 Å². The number of nitrogens with zero attached hydrogens (tertiary/aromatic N) is 3. The van der Waals surface area contributed by atoms with Crippen LogP contribution in [0.15, 0.2) is 24.3 Å². The summed E-state index contributed by atoms with van der Waals surface area (Å²) >= 11 is 0. The van der Waals surface area contributed by atoms with Gasteiger partial charge in [-0.25, -0.2) is 4.68 Å². The van der Waals surface area contributed by atoms with Crippen LogP contribution in [-0.4, -0.2) is 28.7 Å². The quantitative estimate of drug-likeness (QED) is 0.719. The topological polar surface area (TPSA) is 75.2 Å². The highest BCUT2D eigenvalue weighted by Gasteiger charge is 2.10. The van der Waals surface area contributed by atoms with E-state index >= 15 is 0 Å². The molecule has 2 N–H and O–H groups in total. The van der Waals surface area contributed by atoms with Crippen molar-refractivity contribution in [3.8, 4) is 11.5 Å². The van der Waals surface area contributed by atoms with E-state index in [1.165, 1.54) is 0 Å². The third-order valence-corrected chi connectivity index (χ3v) is 3.44. The molecule has 0 spiro atoms. The molecule has 2 aromatic rings. The van der Waals surface area contributed by atoms with E-state index in [2.05, 4.69) is 17.2 Å². The van der Waals surface area contributed by atoms with Crippen LogP contribution in [0.3, 0.4) is 0 Å². The van der Waals surface area contributed by atoms with E-state index in [-0.39, 0.29) is 0 Å². The first-order chi connectivity index (χ1) is 10.8. The van der Waals surface area contributed by atoms with Gasteiger partial charge in [0.05, 0.1) is 25.1 Å². The van der Waals surface area contributed by atoms with E-state index in [1.54, 1.807) is 7.11 Å². The highest BCUT2D eigenvalue weighted by atomic mass is 16.5. The van der Waals surface area contributed by atoms with Gasteiger partial charge in [-0.05, 0) is 30.7 Å². The molecule has 6 heteroatoms. The molecule has 0 aliphatic rings.